The van der Waals surface area contributed by atoms with Gasteiger partial charge in [-0.05, 0) is 41.9 Å². The zero-order valence-electron chi connectivity index (χ0n) is 11.0. The Balaban J connectivity index is 1.96. The first-order valence-corrected chi connectivity index (χ1v) is 7.26. The number of carbonyl (C=O) groups is 1. The van der Waals surface area contributed by atoms with Crippen molar-refractivity contribution in [3.05, 3.63) is 40.2 Å². The van der Waals surface area contributed by atoms with E-state index >= 15 is 0 Å². The molecule has 2 aromatic rings. The first kappa shape index (κ1) is 12.4. The lowest BCUT2D eigenvalue weighted by Gasteiger charge is -2.09. The Hall–Kier alpha value is -1.62. The van der Waals surface area contributed by atoms with Gasteiger partial charge in [0.25, 0.3) is 0 Å². The number of Topliss-reactive ketones (excluding diaryl/α,β-unsaturated/α-hetero) is 1. The van der Waals surface area contributed by atoms with Crippen LogP contribution < -0.4 is 0 Å². The molecule has 19 heavy (non-hydrogen) atoms. The molecule has 4 nitrogen and oxygen atoms in total. The molecule has 5 heteroatoms. The summed E-state index contributed by atoms with van der Waals surface area (Å²) in [7, 11) is 0. The van der Waals surface area contributed by atoms with Crippen molar-refractivity contribution in [2.45, 2.75) is 38.5 Å². The first-order valence-electron chi connectivity index (χ1n) is 6.48. The summed E-state index contributed by atoms with van der Waals surface area (Å²) in [6.45, 7) is 4.07. The lowest BCUT2D eigenvalue weighted by atomic mass is 9.97. The topological polar surface area (TPSA) is 55.7 Å². The van der Waals surface area contributed by atoms with Crippen LogP contribution in [0, 0.1) is 0 Å². The third-order valence-electron chi connectivity index (χ3n) is 3.56. The van der Waals surface area contributed by atoms with Crippen molar-refractivity contribution in [2.75, 3.05) is 0 Å². The Kier molecular flexibility index (Phi) is 3.14. The molecule has 0 bridgehead atoms. The van der Waals surface area contributed by atoms with Crippen LogP contribution in [0.2, 0.25) is 0 Å². The monoisotopic (exact) mass is 273 g/mol. The average Bonchev–Trinajstić information content (AvgIpc) is 3.05. The highest BCUT2D eigenvalue weighted by molar-refractivity contribution is 7.08. The molecule has 3 rings (SSSR count). The highest BCUT2D eigenvalue weighted by atomic mass is 32.1. The summed E-state index contributed by atoms with van der Waals surface area (Å²) in [5.74, 6) is 0.245. The normalized spacial score (nSPS) is 17.7. The largest absolute Gasteiger partial charge is 0.292 e. The van der Waals surface area contributed by atoms with Crippen LogP contribution in [0.3, 0.4) is 0 Å². The van der Waals surface area contributed by atoms with Crippen LogP contribution in [-0.2, 0) is 6.42 Å². The van der Waals surface area contributed by atoms with Gasteiger partial charge in [0.15, 0.2) is 5.78 Å². The van der Waals surface area contributed by atoms with Crippen LogP contribution in [0.15, 0.2) is 18.3 Å². The molecule has 0 aliphatic heterocycles. The van der Waals surface area contributed by atoms with Gasteiger partial charge in [0, 0.05) is 6.20 Å². The summed E-state index contributed by atoms with van der Waals surface area (Å²) >= 11 is 1.21. The highest BCUT2D eigenvalue weighted by Gasteiger charge is 2.33. The smallest absolute Gasteiger partial charge is 0.185 e. The molecule has 1 unspecified atom stereocenters. The van der Waals surface area contributed by atoms with Gasteiger partial charge < -0.3 is 0 Å². The van der Waals surface area contributed by atoms with E-state index in [-0.39, 0.29) is 17.6 Å². The lowest BCUT2D eigenvalue weighted by Crippen LogP contribution is -2.12. The Morgan fingerprint density at radius 1 is 1.47 bits per heavy atom. The number of aromatic nitrogens is 3. The second-order valence-corrected chi connectivity index (χ2v) is 5.90. The molecule has 0 aromatic carbocycles. The van der Waals surface area contributed by atoms with Gasteiger partial charge in [0.1, 0.15) is 4.88 Å². The molecule has 0 radical (unpaired) electrons. The second-order valence-electron chi connectivity index (χ2n) is 5.15. The fourth-order valence-corrected chi connectivity index (χ4v) is 3.39. The minimum atomic E-state index is -0.115. The number of hydrogen-bond acceptors (Lipinski definition) is 5. The van der Waals surface area contributed by atoms with Crippen LogP contribution in [0.4, 0.5) is 0 Å². The van der Waals surface area contributed by atoms with E-state index in [4.69, 9.17) is 0 Å². The Morgan fingerprint density at radius 3 is 3.11 bits per heavy atom. The lowest BCUT2D eigenvalue weighted by molar-refractivity contribution is 0.0960. The van der Waals surface area contributed by atoms with Gasteiger partial charge in [-0.3, -0.25) is 9.78 Å². The number of hydrogen-bond donors (Lipinski definition) is 0. The maximum atomic E-state index is 12.7. The molecule has 2 heterocycles. The maximum absolute atomic E-state index is 12.7. The quantitative estimate of drug-likeness (QED) is 0.807. The van der Waals surface area contributed by atoms with Crippen molar-refractivity contribution in [1.29, 1.82) is 0 Å². The molecule has 98 valence electrons. The van der Waals surface area contributed by atoms with E-state index in [9.17, 15) is 4.79 Å². The van der Waals surface area contributed by atoms with E-state index in [1.54, 1.807) is 6.20 Å². The maximum Gasteiger partial charge on any atom is 0.185 e. The standard InChI is InChI=1S/C14H15N3OS/c1-8(2)11-14(19-17-16-11)13(18)10-6-5-9-4-3-7-15-12(9)10/h3-4,7-8,10H,5-6H2,1-2H3. The van der Waals surface area contributed by atoms with E-state index in [0.29, 0.717) is 4.88 Å². The van der Waals surface area contributed by atoms with Crippen LogP contribution in [0.1, 0.15) is 58.7 Å². The Bertz CT molecular complexity index is 621. The molecule has 0 spiro atoms. The highest BCUT2D eigenvalue weighted by Crippen LogP contribution is 2.35. The van der Waals surface area contributed by atoms with Crippen molar-refractivity contribution >= 4 is 17.3 Å². The van der Waals surface area contributed by atoms with Gasteiger partial charge in [-0.15, -0.1) is 5.10 Å². The molecule has 1 aliphatic rings. The molecule has 2 aromatic heterocycles. The fourth-order valence-electron chi connectivity index (χ4n) is 2.57. The summed E-state index contributed by atoms with van der Waals surface area (Å²) in [5.41, 5.74) is 2.96. The number of pyridine rings is 1. The number of nitrogens with zero attached hydrogens (tertiary/aromatic N) is 3. The third kappa shape index (κ3) is 2.08. The summed E-state index contributed by atoms with van der Waals surface area (Å²) < 4.78 is 3.94. The molecule has 0 saturated heterocycles. The van der Waals surface area contributed by atoms with Crippen LogP contribution in [0.25, 0.3) is 0 Å². The summed E-state index contributed by atoms with van der Waals surface area (Å²) in [4.78, 5) is 17.8. The molecule has 0 N–H and O–H groups in total. The van der Waals surface area contributed by atoms with Crippen molar-refractivity contribution < 1.29 is 4.79 Å². The van der Waals surface area contributed by atoms with Crippen molar-refractivity contribution in [3.63, 3.8) is 0 Å². The zero-order chi connectivity index (χ0) is 13.4. The molecule has 0 fully saturated rings. The third-order valence-corrected chi connectivity index (χ3v) is 4.32. The summed E-state index contributed by atoms with van der Waals surface area (Å²) in [5, 5.41) is 4.09. The molecule has 1 atom stereocenters. The number of rotatable bonds is 3. The van der Waals surface area contributed by atoms with Crippen molar-refractivity contribution in [1.82, 2.24) is 14.6 Å². The van der Waals surface area contributed by atoms with Gasteiger partial charge in [0.2, 0.25) is 0 Å². The molecular formula is C14H15N3OS. The van der Waals surface area contributed by atoms with E-state index in [1.165, 1.54) is 17.1 Å². The molecule has 1 aliphatic carbocycles. The predicted molar refractivity (Wildman–Crippen MR) is 73.6 cm³/mol. The molecule has 0 amide bonds. The van der Waals surface area contributed by atoms with Gasteiger partial charge in [-0.1, -0.05) is 24.4 Å². The Morgan fingerprint density at radius 2 is 2.32 bits per heavy atom. The average molecular weight is 273 g/mol. The summed E-state index contributed by atoms with van der Waals surface area (Å²) in [6, 6.07) is 3.99. The number of aryl methyl sites for hydroxylation is 1. The fraction of sp³-hybridized carbons (Fsp3) is 0.429. The van der Waals surface area contributed by atoms with Gasteiger partial charge >= 0.3 is 0 Å². The van der Waals surface area contributed by atoms with E-state index in [1.807, 2.05) is 19.9 Å². The second kappa shape index (κ2) is 4.81. The number of carbonyl (C=O) groups excluding carboxylic acids is 1. The summed E-state index contributed by atoms with van der Waals surface area (Å²) in [6.07, 6.45) is 3.54. The Labute approximate surface area is 116 Å². The van der Waals surface area contributed by atoms with E-state index < -0.39 is 0 Å². The SMILES string of the molecule is CC(C)c1nnsc1C(=O)C1CCc2cccnc21. The predicted octanol–water partition coefficient (Wildman–Crippen LogP) is 2.97. The minimum Gasteiger partial charge on any atom is -0.292 e. The molecular weight excluding hydrogens is 258 g/mol. The number of fused-ring (bicyclic) bond motifs is 1. The van der Waals surface area contributed by atoms with Gasteiger partial charge in [-0.25, -0.2) is 0 Å². The van der Waals surface area contributed by atoms with Crippen molar-refractivity contribution in [3.8, 4) is 0 Å². The van der Waals surface area contributed by atoms with Crippen LogP contribution in [-0.4, -0.2) is 20.4 Å². The van der Waals surface area contributed by atoms with E-state index in [2.05, 4.69) is 20.6 Å². The van der Waals surface area contributed by atoms with Crippen LogP contribution >= 0.6 is 11.5 Å². The first-order chi connectivity index (χ1) is 9.18. The van der Waals surface area contributed by atoms with Gasteiger partial charge in [-0.2, -0.15) is 0 Å². The van der Waals surface area contributed by atoms with Crippen LogP contribution in [0.5, 0.6) is 0 Å². The van der Waals surface area contributed by atoms with E-state index in [0.717, 1.165) is 24.2 Å². The molecule has 0 saturated carbocycles. The van der Waals surface area contributed by atoms with Crippen molar-refractivity contribution in [2.24, 2.45) is 0 Å². The number of ketones is 1. The zero-order valence-corrected chi connectivity index (χ0v) is 11.8. The minimum absolute atomic E-state index is 0.115. The van der Waals surface area contributed by atoms with Gasteiger partial charge in [0.05, 0.1) is 17.3 Å².